The van der Waals surface area contributed by atoms with Gasteiger partial charge < -0.3 is 5.32 Å². The molecule has 0 amide bonds. The minimum atomic E-state index is 0.460. The molecule has 0 saturated carbocycles. The summed E-state index contributed by atoms with van der Waals surface area (Å²) >= 11 is 3.39. The Morgan fingerprint density at radius 2 is 2.13 bits per heavy atom. The molecule has 15 heavy (non-hydrogen) atoms. The van der Waals surface area contributed by atoms with Crippen molar-refractivity contribution >= 4 is 21.7 Å². The smallest absolute Gasteiger partial charge is 0.131 e. The van der Waals surface area contributed by atoms with E-state index in [9.17, 15) is 0 Å². The number of halogens is 1. The maximum Gasteiger partial charge on any atom is 0.131 e. The zero-order valence-electron chi connectivity index (χ0n) is 9.55. The van der Waals surface area contributed by atoms with E-state index in [2.05, 4.69) is 52.0 Å². The van der Waals surface area contributed by atoms with Crippen LogP contribution in [-0.2, 0) is 6.42 Å². The Morgan fingerprint density at radius 1 is 1.40 bits per heavy atom. The molecule has 1 rings (SSSR count). The van der Waals surface area contributed by atoms with Gasteiger partial charge in [-0.3, -0.25) is 0 Å². The number of nitrogens with one attached hydrogen (secondary N) is 1. The minimum absolute atomic E-state index is 0.460. The highest BCUT2D eigenvalue weighted by molar-refractivity contribution is 9.10. The van der Waals surface area contributed by atoms with Crippen LogP contribution in [0, 0.1) is 0 Å². The van der Waals surface area contributed by atoms with Crippen molar-refractivity contribution in [3.05, 3.63) is 16.5 Å². The van der Waals surface area contributed by atoms with Crippen molar-refractivity contribution < 1.29 is 0 Å². The van der Waals surface area contributed by atoms with Gasteiger partial charge in [-0.05, 0) is 29.3 Å². The van der Waals surface area contributed by atoms with E-state index < -0.39 is 0 Å². The average molecular weight is 272 g/mol. The van der Waals surface area contributed by atoms with Crippen molar-refractivity contribution in [3.63, 3.8) is 0 Å². The standard InChI is InChI=1S/C11H18BrN3/c1-4-6-8(3)13-11-7-9(12)14-10(5-2)15-11/h7-8H,4-6H2,1-3H3,(H,13,14,15). The third-order valence-electron chi connectivity index (χ3n) is 2.17. The average Bonchev–Trinajstić information content (AvgIpc) is 2.17. The maximum atomic E-state index is 4.42. The summed E-state index contributed by atoms with van der Waals surface area (Å²) in [5, 5.41) is 3.38. The van der Waals surface area contributed by atoms with Gasteiger partial charge in [0.2, 0.25) is 0 Å². The molecule has 1 N–H and O–H groups in total. The first kappa shape index (κ1) is 12.4. The van der Waals surface area contributed by atoms with E-state index in [1.807, 2.05) is 6.07 Å². The van der Waals surface area contributed by atoms with E-state index in [-0.39, 0.29) is 0 Å². The molecular weight excluding hydrogens is 254 g/mol. The lowest BCUT2D eigenvalue weighted by molar-refractivity contribution is 0.686. The van der Waals surface area contributed by atoms with Crippen LogP contribution in [-0.4, -0.2) is 16.0 Å². The molecule has 0 radical (unpaired) electrons. The van der Waals surface area contributed by atoms with Gasteiger partial charge in [0.1, 0.15) is 16.2 Å². The van der Waals surface area contributed by atoms with Gasteiger partial charge in [-0.1, -0.05) is 20.3 Å². The van der Waals surface area contributed by atoms with E-state index in [0.717, 1.165) is 29.1 Å². The first-order chi connectivity index (χ1) is 7.15. The quantitative estimate of drug-likeness (QED) is 0.835. The summed E-state index contributed by atoms with van der Waals surface area (Å²) in [6.45, 7) is 6.41. The zero-order chi connectivity index (χ0) is 11.3. The second-order valence-electron chi connectivity index (χ2n) is 3.68. The molecule has 84 valence electrons. The molecule has 0 fully saturated rings. The number of aryl methyl sites for hydroxylation is 1. The van der Waals surface area contributed by atoms with E-state index >= 15 is 0 Å². The van der Waals surface area contributed by atoms with Crippen LogP contribution in [0.2, 0.25) is 0 Å². The normalized spacial score (nSPS) is 12.5. The molecule has 1 atom stereocenters. The van der Waals surface area contributed by atoms with Crippen molar-refractivity contribution in [1.82, 2.24) is 9.97 Å². The molecular formula is C11H18BrN3. The maximum absolute atomic E-state index is 4.42. The highest BCUT2D eigenvalue weighted by atomic mass is 79.9. The van der Waals surface area contributed by atoms with Crippen LogP contribution in [0.15, 0.2) is 10.7 Å². The predicted molar refractivity (Wildman–Crippen MR) is 67.1 cm³/mol. The minimum Gasteiger partial charge on any atom is -0.367 e. The number of rotatable bonds is 5. The molecule has 0 spiro atoms. The molecule has 1 aromatic rings. The molecule has 0 aliphatic heterocycles. The van der Waals surface area contributed by atoms with Crippen molar-refractivity contribution in [2.75, 3.05) is 5.32 Å². The summed E-state index contributed by atoms with van der Waals surface area (Å²) in [6.07, 6.45) is 3.19. The predicted octanol–water partition coefficient (Wildman–Crippen LogP) is 3.40. The Morgan fingerprint density at radius 3 is 2.73 bits per heavy atom. The fraction of sp³-hybridized carbons (Fsp3) is 0.636. The Labute approximate surface area is 99.8 Å². The summed E-state index contributed by atoms with van der Waals surface area (Å²) in [5.74, 6) is 1.78. The lowest BCUT2D eigenvalue weighted by Crippen LogP contribution is -2.16. The summed E-state index contributed by atoms with van der Waals surface area (Å²) in [6, 6.07) is 2.38. The third kappa shape index (κ3) is 4.16. The largest absolute Gasteiger partial charge is 0.367 e. The second kappa shape index (κ2) is 6.05. The van der Waals surface area contributed by atoms with Gasteiger partial charge in [0.25, 0.3) is 0 Å². The van der Waals surface area contributed by atoms with Crippen molar-refractivity contribution in [2.24, 2.45) is 0 Å². The van der Waals surface area contributed by atoms with Crippen LogP contribution < -0.4 is 5.32 Å². The highest BCUT2D eigenvalue weighted by Gasteiger charge is 2.04. The molecule has 3 nitrogen and oxygen atoms in total. The Bertz CT molecular complexity index is 315. The zero-order valence-corrected chi connectivity index (χ0v) is 11.1. The van der Waals surface area contributed by atoms with Gasteiger partial charge in [-0.2, -0.15) is 0 Å². The second-order valence-corrected chi connectivity index (χ2v) is 4.49. The molecule has 0 aromatic carbocycles. The number of hydrogen-bond donors (Lipinski definition) is 1. The summed E-state index contributed by atoms with van der Waals surface area (Å²) in [5.41, 5.74) is 0. The van der Waals surface area contributed by atoms with Gasteiger partial charge in [-0.15, -0.1) is 0 Å². The fourth-order valence-corrected chi connectivity index (χ4v) is 1.88. The van der Waals surface area contributed by atoms with Gasteiger partial charge in [-0.25, -0.2) is 9.97 Å². The van der Waals surface area contributed by atoms with Crippen LogP contribution >= 0.6 is 15.9 Å². The van der Waals surface area contributed by atoms with Crippen LogP contribution in [0.25, 0.3) is 0 Å². The summed E-state index contributed by atoms with van der Waals surface area (Å²) in [7, 11) is 0. The van der Waals surface area contributed by atoms with Crippen LogP contribution in [0.1, 0.15) is 39.4 Å². The van der Waals surface area contributed by atoms with Gasteiger partial charge >= 0.3 is 0 Å². The van der Waals surface area contributed by atoms with Crippen molar-refractivity contribution in [2.45, 2.75) is 46.1 Å². The van der Waals surface area contributed by atoms with E-state index in [1.54, 1.807) is 0 Å². The van der Waals surface area contributed by atoms with Crippen LogP contribution in [0.5, 0.6) is 0 Å². The Balaban J connectivity index is 2.71. The Hall–Kier alpha value is -0.640. The van der Waals surface area contributed by atoms with Gasteiger partial charge in [0.05, 0.1) is 0 Å². The Kier molecular flexibility index (Phi) is 5.02. The number of nitrogens with zero attached hydrogens (tertiary/aromatic N) is 2. The van der Waals surface area contributed by atoms with Gasteiger partial charge in [0, 0.05) is 18.5 Å². The monoisotopic (exact) mass is 271 g/mol. The van der Waals surface area contributed by atoms with E-state index in [0.29, 0.717) is 6.04 Å². The molecule has 0 saturated heterocycles. The molecule has 0 aliphatic rings. The number of anilines is 1. The first-order valence-corrected chi connectivity index (χ1v) is 6.25. The van der Waals surface area contributed by atoms with Crippen LogP contribution in [0.3, 0.4) is 0 Å². The van der Waals surface area contributed by atoms with Crippen molar-refractivity contribution in [1.29, 1.82) is 0 Å². The van der Waals surface area contributed by atoms with Crippen molar-refractivity contribution in [3.8, 4) is 0 Å². The third-order valence-corrected chi connectivity index (χ3v) is 2.58. The fourth-order valence-electron chi connectivity index (χ4n) is 1.45. The number of aromatic nitrogens is 2. The lowest BCUT2D eigenvalue weighted by Gasteiger charge is -2.13. The van der Waals surface area contributed by atoms with E-state index in [1.165, 1.54) is 6.42 Å². The number of hydrogen-bond acceptors (Lipinski definition) is 3. The molecule has 1 heterocycles. The SMILES string of the molecule is CCCC(C)Nc1cc(Br)nc(CC)n1. The van der Waals surface area contributed by atoms with Crippen LogP contribution in [0.4, 0.5) is 5.82 Å². The first-order valence-electron chi connectivity index (χ1n) is 5.45. The van der Waals surface area contributed by atoms with Gasteiger partial charge in [0.15, 0.2) is 0 Å². The molecule has 0 aliphatic carbocycles. The molecule has 1 aromatic heterocycles. The summed E-state index contributed by atoms with van der Waals surface area (Å²) in [4.78, 5) is 8.69. The molecule has 4 heteroatoms. The van der Waals surface area contributed by atoms with E-state index in [4.69, 9.17) is 0 Å². The molecule has 0 bridgehead atoms. The highest BCUT2D eigenvalue weighted by Crippen LogP contribution is 2.14. The summed E-state index contributed by atoms with van der Waals surface area (Å²) < 4.78 is 0.848. The molecule has 1 unspecified atom stereocenters. The lowest BCUT2D eigenvalue weighted by atomic mass is 10.2. The topological polar surface area (TPSA) is 37.8 Å².